The second-order valence-corrected chi connectivity index (χ2v) is 4.78. The lowest BCUT2D eigenvalue weighted by Gasteiger charge is -2.08. The Morgan fingerprint density at radius 3 is 2.68 bits per heavy atom. The van der Waals surface area contributed by atoms with Crippen molar-refractivity contribution >= 4 is 33.3 Å². The largest absolute Gasteiger partial charge is 0.320 e. The van der Waals surface area contributed by atoms with Crippen LogP contribution in [0.3, 0.4) is 0 Å². The summed E-state index contributed by atoms with van der Waals surface area (Å²) in [4.78, 5) is 12.0. The number of aromatic nitrogens is 2. The van der Waals surface area contributed by atoms with E-state index < -0.39 is 0 Å². The van der Waals surface area contributed by atoms with Crippen molar-refractivity contribution in [2.24, 2.45) is 5.84 Å². The van der Waals surface area contributed by atoms with E-state index in [1.54, 1.807) is 12.1 Å². The first-order valence-corrected chi connectivity index (χ1v) is 6.27. The van der Waals surface area contributed by atoms with E-state index in [0.717, 1.165) is 15.7 Å². The highest BCUT2D eigenvalue weighted by Crippen LogP contribution is 2.21. The number of halogens is 1. The van der Waals surface area contributed by atoms with Crippen LogP contribution in [0.25, 0.3) is 0 Å². The van der Waals surface area contributed by atoms with E-state index in [1.807, 2.05) is 25.1 Å². The quantitative estimate of drug-likeness (QED) is 0.594. The number of hydrogen-bond donors (Lipinski definition) is 3. The lowest BCUT2D eigenvalue weighted by molar-refractivity contribution is 0.102. The molecule has 0 atom stereocenters. The minimum absolute atomic E-state index is 0.221. The van der Waals surface area contributed by atoms with Crippen molar-refractivity contribution in [1.29, 1.82) is 0 Å². The Hall–Kier alpha value is -1.99. The van der Waals surface area contributed by atoms with Crippen LogP contribution < -0.4 is 16.6 Å². The molecule has 0 aliphatic carbocycles. The van der Waals surface area contributed by atoms with Gasteiger partial charge in [0, 0.05) is 10.2 Å². The van der Waals surface area contributed by atoms with E-state index in [9.17, 15) is 4.79 Å². The maximum atomic E-state index is 12.0. The van der Waals surface area contributed by atoms with Crippen molar-refractivity contribution in [2.45, 2.75) is 6.92 Å². The van der Waals surface area contributed by atoms with E-state index >= 15 is 0 Å². The first-order valence-electron chi connectivity index (χ1n) is 5.48. The first kappa shape index (κ1) is 13.4. The Morgan fingerprint density at radius 2 is 2.05 bits per heavy atom. The number of benzene rings is 1. The minimum atomic E-state index is -0.322. The molecule has 0 saturated heterocycles. The highest BCUT2D eigenvalue weighted by molar-refractivity contribution is 9.10. The van der Waals surface area contributed by atoms with E-state index in [4.69, 9.17) is 5.84 Å². The third-order valence-corrected chi connectivity index (χ3v) is 2.99. The molecule has 2 aromatic rings. The van der Waals surface area contributed by atoms with Crippen molar-refractivity contribution in [2.75, 3.05) is 10.7 Å². The zero-order valence-corrected chi connectivity index (χ0v) is 11.7. The predicted octanol–water partition coefficient (Wildman–Crippen LogP) is 2.09. The zero-order valence-electron chi connectivity index (χ0n) is 10.1. The highest BCUT2D eigenvalue weighted by atomic mass is 79.9. The average Bonchev–Trinajstić information content (AvgIpc) is 2.43. The molecule has 2 rings (SSSR count). The summed E-state index contributed by atoms with van der Waals surface area (Å²) in [5, 5.41) is 10.3. The van der Waals surface area contributed by atoms with Gasteiger partial charge in [-0.05, 0) is 36.8 Å². The molecule has 1 aromatic carbocycles. The van der Waals surface area contributed by atoms with E-state index in [0.29, 0.717) is 5.82 Å². The van der Waals surface area contributed by atoms with E-state index in [1.165, 1.54) is 0 Å². The third-order valence-electron chi connectivity index (χ3n) is 2.49. The average molecular weight is 322 g/mol. The molecule has 0 radical (unpaired) electrons. The highest BCUT2D eigenvalue weighted by Gasteiger charge is 2.10. The van der Waals surface area contributed by atoms with Crippen molar-refractivity contribution in [3.05, 3.63) is 46.1 Å². The standard InChI is InChI=1S/C12H12BrN5O/c1-7-2-3-8(13)6-10(7)15-12(19)9-4-5-11(16-14)18-17-9/h2-6H,14H2,1H3,(H,15,19)(H,16,18). The Kier molecular flexibility index (Phi) is 4.08. The summed E-state index contributed by atoms with van der Waals surface area (Å²) in [6, 6.07) is 8.77. The van der Waals surface area contributed by atoms with Crippen molar-refractivity contribution < 1.29 is 4.79 Å². The summed E-state index contributed by atoms with van der Waals surface area (Å²) in [5.74, 6) is 5.25. The van der Waals surface area contributed by atoms with Crippen LogP contribution >= 0.6 is 15.9 Å². The van der Waals surface area contributed by atoms with Gasteiger partial charge in [-0.3, -0.25) is 4.79 Å². The maximum absolute atomic E-state index is 12.0. The van der Waals surface area contributed by atoms with Crippen LogP contribution in [-0.2, 0) is 0 Å². The summed E-state index contributed by atoms with van der Waals surface area (Å²) in [5.41, 5.74) is 4.26. The van der Waals surface area contributed by atoms with Gasteiger partial charge in [0.2, 0.25) is 0 Å². The normalized spacial score (nSPS) is 10.1. The minimum Gasteiger partial charge on any atom is -0.320 e. The molecule has 0 bridgehead atoms. The lowest BCUT2D eigenvalue weighted by Crippen LogP contribution is -2.16. The molecule has 4 N–H and O–H groups in total. The summed E-state index contributed by atoms with van der Waals surface area (Å²) < 4.78 is 0.891. The van der Waals surface area contributed by atoms with Crippen LogP contribution in [0.5, 0.6) is 0 Å². The van der Waals surface area contributed by atoms with E-state index in [-0.39, 0.29) is 11.6 Å². The Labute approximate surface area is 118 Å². The Balaban J connectivity index is 2.18. The molecular weight excluding hydrogens is 310 g/mol. The van der Waals surface area contributed by atoms with Gasteiger partial charge in [0.25, 0.3) is 5.91 Å². The molecule has 0 aliphatic heterocycles. The van der Waals surface area contributed by atoms with Crippen molar-refractivity contribution in [3.63, 3.8) is 0 Å². The second-order valence-electron chi connectivity index (χ2n) is 3.86. The van der Waals surface area contributed by atoms with Crippen molar-refractivity contribution in [3.8, 4) is 0 Å². The van der Waals surface area contributed by atoms with Crippen LogP contribution in [0.2, 0.25) is 0 Å². The molecule has 0 saturated carbocycles. The number of hydrogen-bond acceptors (Lipinski definition) is 5. The van der Waals surface area contributed by atoms with Gasteiger partial charge in [0.15, 0.2) is 11.5 Å². The van der Waals surface area contributed by atoms with Crippen LogP contribution in [0.15, 0.2) is 34.8 Å². The first-order chi connectivity index (χ1) is 9.10. The summed E-state index contributed by atoms with van der Waals surface area (Å²) in [6.45, 7) is 1.91. The number of rotatable bonds is 3. The number of nitrogens with one attached hydrogen (secondary N) is 2. The summed E-state index contributed by atoms with van der Waals surface area (Å²) in [7, 11) is 0. The fraction of sp³-hybridized carbons (Fsp3) is 0.0833. The number of hydrazine groups is 1. The number of carbonyl (C=O) groups is 1. The van der Waals surface area contributed by atoms with Gasteiger partial charge in [-0.15, -0.1) is 10.2 Å². The maximum Gasteiger partial charge on any atom is 0.276 e. The topological polar surface area (TPSA) is 92.9 Å². The monoisotopic (exact) mass is 321 g/mol. The molecular formula is C12H12BrN5O. The fourth-order valence-electron chi connectivity index (χ4n) is 1.45. The SMILES string of the molecule is Cc1ccc(Br)cc1NC(=O)c1ccc(NN)nn1. The molecule has 6 nitrogen and oxygen atoms in total. The van der Waals surface area contributed by atoms with Crippen LogP contribution in [-0.4, -0.2) is 16.1 Å². The molecule has 7 heteroatoms. The van der Waals surface area contributed by atoms with Crippen LogP contribution in [0.4, 0.5) is 11.5 Å². The number of carbonyl (C=O) groups excluding carboxylic acids is 1. The second kappa shape index (κ2) is 5.77. The number of nitrogens with two attached hydrogens (primary N) is 1. The molecule has 0 unspecified atom stereocenters. The van der Waals surface area contributed by atoms with Gasteiger partial charge in [-0.1, -0.05) is 22.0 Å². The molecule has 1 heterocycles. The van der Waals surface area contributed by atoms with Gasteiger partial charge in [0.05, 0.1) is 0 Å². The van der Waals surface area contributed by atoms with Gasteiger partial charge in [-0.2, -0.15) is 0 Å². The van der Waals surface area contributed by atoms with Gasteiger partial charge >= 0.3 is 0 Å². The molecule has 1 amide bonds. The summed E-state index contributed by atoms with van der Waals surface area (Å²) >= 11 is 3.36. The predicted molar refractivity (Wildman–Crippen MR) is 76.7 cm³/mol. The van der Waals surface area contributed by atoms with Crippen LogP contribution in [0.1, 0.15) is 16.1 Å². The number of nitrogens with zero attached hydrogens (tertiary/aromatic N) is 2. The molecule has 19 heavy (non-hydrogen) atoms. The molecule has 0 aliphatic rings. The summed E-state index contributed by atoms with van der Waals surface area (Å²) in [6.07, 6.45) is 0. The smallest absolute Gasteiger partial charge is 0.276 e. The zero-order chi connectivity index (χ0) is 13.8. The molecule has 0 fully saturated rings. The van der Waals surface area contributed by atoms with Gasteiger partial charge < -0.3 is 10.7 Å². The number of nitrogen functional groups attached to an aromatic ring is 1. The van der Waals surface area contributed by atoms with Crippen LogP contribution in [0, 0.1) is 6.92 Å². The number of amides is 1. The third kappa shape index (κ3) is 3.27. The fourth-order valence-corrected chi connectivity index (χ4v) is 1.81. The Bertz CT molecular complexity index is 600. The number of anilines is 2. The van der Waals surface area contributed by atoms with Gasteiger partial charge in [-0.25, -0.2) is 5.84 Å². The van der Waals surface area contributed by atoms with Gasteiger partial charge in [0.1, 0.15) is 0 Å². The molecule has 1 aromatic heterocycles. The Morgan fingerprint density at radius 1 is 1.26 bits per heavy atom. The number of aryl methyl sites for hydroxylation is 1. The lowest BCUT2D eigenvalue weighted by atomic mass is 10.2. The molecule has 98 valence electrons. The van der Waals surface area contributed by atoms with Crippen molar-refractivity contribution in [1.82, 2.24) is 10.2 Å². The van der Waals surface area contributed by atoms with E-state index in [2.05, 4.69) is 36.9 Å². The molecule has 0 spiro atoms.